The number of nitrogens with two attached hydrogens (primary N) is 1. The van der Waals surface area contributed by atoms with Gasteiger partial charge in [0.25, 0.3) is 0 Å². The summed E-state index contributed by atoms with van der Waals surface area (Å²) in [7, 11) is 0. The Morgan fingerprint density at radius 3 is 1.90 bits per heavy atom. The minimum atomic E-state index is -1.49. The molecule has 0 saturated carbocycles. The molecule has 3 N–H and O–H groups in total. The monoisotopic (exact) mass is 331 g/mol. The quantitative estimate of drug-likeness (QED) is 0.887. The van der Waals surface area contributed by atoms with Crippen molar-refractivity contribution in [3.05, 3.63) is 69.2 Å². The molecule has 0 aliphatic heterocycles. The summed E-state index contributed by atoms with van der Waals surface area (Å²) in [5.74, 6) is -2.51. The second kappa shape index (κ2) is 6.71. The summed E-state index contributed by atoms with van der Waals surface area (Å²) in [4.78, 5) is 0. The van der Waals surface area contributed by atoms with E-state index in [0.717, 1.165) is 12.1 Å². The van der Waals surface area contributed by atoms with Crippen LogP contribution in [0.25, 0.3) is 0 Å². The summed E-state index contributed by atoms with van der Waals surface area (Å²) in [6.07, 6.45) is -1.49. The predicted molar refractivity (Wildman–Crippen MR) is 79.6 cm³/mol. The Morgan fingerprint density at radius 2 is 1.43 bits per heavy atom. The second-order valence-electron chi connectivity index (χ2n) is 4.56. The van der Waals surface area contributed by atoms with E-state index >= 15 is 0 Å². The van der Waals surface area contributed by atoms with Gasteiger partial charge in [0.2, 0.25) is 0 Å². The Labute approximate surface area is 131 Å². The first-order valence-electron chi connectivity index (χ1n) is 6.23. The van der Waals surface area contributed by atoms with Gasteiger partial charge < -0.3 is 10.8 Å². The van der Waals surface area contributed by atoms with Crippen molar-refractivity contribution in [2.24, 2.45) is 5.73 Å². The molecule has 2 nitrogen and oxygen atoms in total. The molecule has 112 valence electrons. The van der Waals surface area contributed by atoms with Crippen LogP contribution >= 0.6 is 23.2 Å². The van der Waals surface area contributed by atoms with E-state index in [9.17, 15) is 13.9 Å². The van der Waals surface area contributed by atoms with E-state index in [1.54, 1.807) is 18.2 Å². The first kappa shape index (κ1) is 16.2. The molecular weight excluding hydrogens is 319 g/mol. The Morgan fingerprint density at radius 1 is 0.952 bits per heavy atom. The van der Waals surface area contributed by atoms with Crippen LogP contribution in [0.5, 0.6) is 0 Å². The molecule has 0 aliphatic rings. The van der Waals surface area contributed by atoms with Crippen LogP contribution < -0.4 is 5.73 Å². The fourth-order valence-electron chi connectivity index (χ4n) is 2.26. The molecule has 0 aromatic heterocycles. The number of rotatable bonds is 4. The van der Waals surface area contributed by atoms with E-state index in [4.69, 9.17) is 28.9 Å². The van der Waals surface area contributed by atoms with Gasteiger partial charge in [-0.2, -0.15) is 0 Å². The molecule has 2 aromatic rings. The molecule has 2 aromatic carbocycles. The SMILES string of the molecule is NCC(c1c(Cl)cccc1Cl)C(O)c1c(F)cccc1F. The van der Waals surface area contributed by atoms with Gasteiger partial charge in [-0.1, -0.05) is 35.3 Å². The van der Waals surface area contributed by atoms with Gasteiger partial charge in [-0.05, 0) is 29.8 Å². The highest BCUT2D eigenvalue weighted by Crippen LogP contribution is 2.39. The lowest BCUT2D eigenvalue weighted by atomic mass is 9.88. The highest BCUT2D eigenvalue weighted by Gasteiger charge is 2.29. The maximum Gasteiger partial charge on any atom is 0.131 e. The molecule has 0 spiro atoms. The van der Waals surface area contributed by atoms with Crippen molar-refractivity contribution < 1.29 is 13.9 Å². The van der Waals surface area contributed by atoms with Crippen molar-refractivity contribution in [3.63, 3.8) is 0 Å². The standard InChI is InChI=1S/C15H13Cl2F2NO/c16-9-3-1-4-10(17)13(9)8(7-20)15(21)14-11(18)5-2-6-12(14)19/h1-6,8,15,21H,7,20H2. The van der Waals surface area contributed by atoms with Crippen LogP contribution in [-0.2, 0) is 0 Å². The molecule has 2 atom stereocenters. The lowest BCUT2D eigenvalue weighted by Crippen LogP contribution is -2.22. The van der Waals surface area contributed by atoms with E-state index in [2.05, 4.69) is 0 Å². The summed E-state index contributed by atoms with van der Waals surface area (Å²) >= 11 is 12.2. The summed E-state index contributed by atoms with van der Waals surface area (Å²) in [5.41, 5.74) is 5.59. The van der Waals surface area contributed by atoms with Crippen molar-refractivity contribution in [1.82, 2.24) is 0 Å². The molecule has 2 unspecified atom stereocenters. The zero-order valence-corrected chi connectivity index (χ0v) is 12.4. The fourth-order valence-corrected chi connectivity index (χ4v) is 2.94. The molecule has 0 bridgehead atoms. The van der Waals surface area contributed by atoms with Crippen LogP contribution in [0.3, 0.4) is 0 Å². The van der Waals surface area contributed by atoms with Crippen LogP contribution in [-0.4, -0.2) is 11.7 Å². The van der Waals surface area contributed by atoms with E-state index in [1.807, 2.05) is 0 Å². The zero-order chi connectivity index (χ0) is 15.6. The van der Waals surface area contributed by atoms with Gasteiger partial charge in [0.15, 0.2) is 0 Å². The average molecular weight is 332 g/mol. The maximum absolute atomic E-state index is 13.8. The van der Waals surface area contributed by atoms with Crippen molar-refractivity contribution in [1.29, 1.82) is 0 Å². The third-order valence-electron chi connectivity index (χ3n) is 3.30. The minimum Gasteiger partial charge on any atom is -0.388 e. The molecule has 6 heteroatoms. The highest BCUT2D eigenvalue weighted by molar-refractivity contribution is 6.36. The number of hydrogen-bond donors (Lipinski definition) is 2. The normalized spacial score (nSPS) is 14.0. The first-order chi connectivity index (χ1) is 9.97. The van der Waals surface area contributed by atoms with E-state index < -0.39 is 29.2 Å². The Kier molecular flexibility index (Phi) is 5.17. The van der Waals surface area contributed by atoms with Gasteiger partial charge in [-0.25, -0.2) is 8.78 Å². The average Bonchev–Trinajstić information content (AvgIpc) is 2.42. The third-order valence-corrected chi connectivity index (χ3v) is 3.96. The van der Waals surface area contributed by atoms with Crippen LogP contribution in [0.1, 0.15) is 23.1 Å². The molecule has 0 heterocycles. The number of halogens is 4. The molecule has 0 fully saturated rings. The topological polar surface area (TPSA) is 46.2 Å². The van der Waals surface area contributed by atoms with Crippen molar-refractivity contribution in [3.8, 4) is 0 Å². The molecule has 0 amide bonds. The summed E-state index contributed by atoms with van der Waals surface area (Å²) in [6, 6.07) is 8.16. The predicted octanol–water partition coefficient (Wildman–Crippen LogP) is 4.05. The lowest BCUT2D eigenvalue weighted by Gasteiger charge is -2.24. The van der Waals surface area contributed by atoms with Crippen molar-refractivity contribution >= 4 is 23.2 Å². The van der Waals surface area contributed by atoms with Crippen LogP contribution in [0.4, 0.5) is 8.78 Å². The largest absolute Gasteiger partial charge is 0.388 e. The number of aliphatic hydroxyl groups is 1. The van der Waals surface area contributed by atoms with Gasteiger partial charge in [-0.15, -0.1) is 0 Å². The Bertz CT molecular complexity index is 611. The van der Waals surface area contributed by atoms with Gasteiger partial charge in [0.1, 0.15) is 11.6 Å². The van der Waals surface area contributed by atoms with Gasteiger partial charge in [0.05, 0.1) is 11.7 Å². The van der Waals surface area contributed by atoms with Crippen LogP contribution in [0.2, 0.25) is 10.0 Å². The van der Waals surface area contributed by atoms with Gasteiger partial charge in [0, 0.05) is 22.5 Å². The van der Waals surface area contributed by atoms with Crippen molar-refractivity contribution in [2.45, 2.75) is 12.0 Å². The minimum absolute atomic E-state index is 0.0710. The molecular formula is C15H13Cl2F2NO. The van der Waals surface area contributed by atoms with Crippen molar-refractivity contribution in [2.75, 3.05) is 6.54 Å². The Hall–Kier alpha value is -1.20. The van der Waals surface area contributed by atoms with E-state index in [-0.39, 0.29) is 16.6 Å². The van der Waals surface area contributed by atoms with Gasteiger partial charge >= 0.3 is 0 Å². The lowest BCUT2D eigenvalue weighted by molar-refractivity contribution is 0.138. The van der Waals surface area contributed by atoms with E-state index in [1.165, 1.54) is 6.07 Å². The zero-order valence-electron chi connectivity index (χ0n) is 10.9. The highest BCUT2D eigenvalue weighted by atomic mass is 35.5. The molecule has 0 radical (unpaired) electrons. The van der Waals surface area contributed by atoms with Crippen LogP contribution in [0, 0.1) is 11.6 Å². The number of aliphatic hydroxyl groups excluding tert-OH is 1. The number of benzene rings is 2. The Balaban J connectivity index is 2.51. The summed E-state index contributed by atoms with van der Waals surface area (Å²) in [5, 5.41) is 10.9. The first-order valence-corrected chi connectivity index (χ1v) is 6.99. The molecule has 21 heavy (non-hydrogen) atoms. The van der Waals surface area contributed by atoms with Crippen LogP contribution in [0.15, 0.2) is 36.4 Å². The molecule has 0 aliphatic carbocycles. The maximum atomic E-state index is 13.8. The third kappa shape index (κ3) is 3.19. The smallest absolute Gasteiger partial charge is 0.131 e. The second-order valence-corrected chi connectivity index (χ2v) is 5.37. The summed E-state index contributed by atoms with van der Waals surface area (Å²) in [6.45, 7) is -0.0710. The van der Waals surface area contributed by atoms with E-state index in [0.29, 0.717) is 5.56 Å². The summed E-state index contributed by atoms with van der Waals surface area (Å²) < 4.78 is 27.6. The van der Waals surface area contributed by atoms with Gasteiger partial charge in [-0.3, -0.25) is 0 Å². The fraction of sp³-hybridized carbons (Fsp3) is 0.200. The number of hydrogen-bond acceptors (Lipinski definition) is 2. The molecule has 2 rings (SSSR count). The molecule has 0 saturated heterocycles.